The molecule has 0 aliphatic carbocycles. The Balaban J connectivity index is 1.74. The Morgan fingerprint density at radius 3 is 2.39 bits per heavy atom. The molecule has 1 fully saturated rings. The molecule has 1 saturated heterocycles. The van der Waals surface area contributed by atoms with Gasteiger partial charge in [-0.2, -0.15) is 0 Å². The van der Waals surface area contributed by atoms with Gasteiger partial charge in [0.05, 0.1) is 18.4 Å². The van der Waals surface area contributed by atoms with Crippen LogP contribution in [0.4, 0.5) is 4.79 Å². The second-order valence-corrected chi connectivity index (χ2v) is 7.11. The molecule has 0 radical (unpaired) electrons. The number of carbonyl (C=O) groups is 2. The van der Waals surface area contributed by atoms with Gasteiger partial charge in [-0.1, -0.05) is 67.1 Å². The molecule has 142 valence electrons. The molecule has 1 aliphatic heterocycles. The van der Waals surface area contributed by atoms with E-state index in [0.717, 1.165) is 16.8 Å². The molecule has 2 heterocycles. The Labute approximate surface area is 163 Å². The summed E-state index contributed by atoms with van der Waals surface area (Å²) in [6.45, 7) is 4.06. The second-order valence-electron chi connectivity index (χ2n) is 7.11. The molecule has 2 aromatic carbocycles. The lowest BCUT2D eigenvalue weighted by molar-refractivity contribution is -0.127. The van der Waals surface area contributed by atoms with Crippen LogP contribution in [-0.4, -0.2) is 33.4 Å². The molecule has 0 saturated carbocycles. The van der Waals surface area contributed by atoms with Gasteiger partial charge in [0.1, 0.15) is 11.9 Å². The van der Waals surface area contributed by atoms with Crippen molar-refractivity contribution in [2.45, 2.75) is 25.8 Å². The zero-order valence-electron chi connectivity index (χ0n) is 15.8. The fourth-order valence-corrected chi connectivity index (χ4v) is 3.60. The third-order valence-electron chi connectivity index (χ3n) is 5.19. The van der Waals surface area contributed by atoms with Gasteiger partial charge in [0.25, 0.3) is 5.91 Å². The van der Waals surface area contributed by atoms with Crippen molar-refractivity contribution >= 4 is 11.9 Å². The Morgan fingerprint density at radius 2 is 1.75 bits per heavy atom. The zero-order chi connectivity index (χ0) is 19.7. The minimum atomic E-state index is -0.517. The summed E-state index contributed by atoms with van der Waals surface area (Å²) in [6.07, 6.45) is 1.75. The SMILES string of the molecule is Cc1ccc(-c2cnc(C(C(C)c3ccccc3)N3C(=O)CNC3=O)[nH]2)cc1. The van der Waals surface area contributed by atoms with Crippen molar-refractivity contribution < 1.29 is 9.59 Å². The Morgan fingerprint density at radius 1 is 1.04 bits per heavy atom. The largest absolute Gasteiger partial charge is 0.340 e. The number of H-pyrrole nitrogens is 1. The first-order valence-corrected chi connectivity index (χ1v) is 9.31. The van der Waals surface area contributed by atoms with E-state index in [1.807, 2.05) is 68.4 Å². The molecule has 4 rings (SSSR count). The first-order valence-electron chi connectivity index (χ1n) is 9.31. The number of hydrogen-bond donors (Lipinski definition) is 2. The molecule has 0 bridgehead atoms. The fourth-order valence-electron chi connectivity index (χ4n) is 3.60. The minimum absolute atomic E-state index is 0.0162. The van der Waals surface area contributed by atoms with Crippen molar-refractivity contribution in [3.05, 3.63) is 77.7 Å². The number of benzene rings is 2. The molecular weight excluding hydrogens is 352 g/mol. The predicted molar refractivity (Wildman–Crippen MR) is 107 cm³/mol. The fraction of sp³-hybridized carbons (Fsp3) is 0.227. The maximum absolute atomic E-state index is 12.5. The lowest BCUT2D eigenvalue weighted by Crippen LogP contribution is -2.38. The number of nitrogens with one attached hydrogen (secondary N) is 2. The number of nitrogens with zero attached hydrogens (tertiary/aromatic N) is 2. The number of imidazole rings is 1. The van der Waals surface area contributed by atoms with E-state index >= 15 is 0 Å². The third-order valence-corrected chi connectivity index (χ3v) is 5.19. The molecule has 3 aromatic rings. The summed E-state index contributed by atoms with van der Waals surface area (Å²) in [6, 6.07) is 17.1. The first-order chi connectivity index (χ1) is 13.5. The summed E-state index contributed by atoms with van der Waals surface area (Å²) in [5, 5.41) is 2.62. The van der Waals surface area contributed by atoms with Gasteiger partial charge in [0, 0.05) is 5.92 Å². The van der Waals surface area contributed by atoms with E-state index in [4.69, 9.17) is 0 Å². The van der Waals surface area contributed by atoms with Crippen molar-refractivity contribution in [1.82, 2.24) is 20.2 Å². The molecule has 2 atom stereocenters. The number of aryl methyl sites for hydroxylation is 1. The number of urea groups is 1. The van der Waals surface area contributed by atoms with Crippen molar-refractivity contribution in [1.29, 1.82) is 0 Å². The van der Waals surface area contributed by atoms with Gasteiger partial charge < -0.3 is 10.3 Å². The predicted octanol–water partition coefficient (Wildman–Crippen LogP) is 3.78. The summed E-state index contributed by atoms with van der Waals surface area (Å²) in [5.41, 5.74) is 4.08. The molecule has 2 unspecified atom stereocenters. The topological polar surface area (TPSA) is 78.1 Å². The van der Waals surface area contributed by atoms with Crippen LogP contribution in [-0.2, 0) is 4.79 Å². The Hall–Kier alpha value is -3.41. The number of carbonyl (C=O) groups excluding carboxylic acids is 2. The molecule has 3 amide bonds. The van der Waals surface area contributed by atoms with E-state index in [-0.39, 0.29) is 24.4 Å². The van der Waals surface area contributed by atoms with E-state index in [1.54, 1.807) is 6.20 Å². The maximum Gasteiger partial charge on any atom is 0.325 e. The average Bonchev–Trinajstić information content (AvgIpc) is 3.32. The van der Waals surface area contributed by atoms with Crippen LogP contribution >= 0.6 is 0 Å². The Kier molecular flexibility index (Phi) is 4.69. The van der Waals surface area contributed by atoms with Gasteiger partial charge in [-0.3, -0.25) is 9.69 Å². The molecule has 0 spiro atoms. The van der Waals surface area contributed by atoms with Gasteiger partial charge in [0.2, 0.25) is 0 Å². The number of aromatic nitrogens is 2. The van der Waals surface area contributed by atoms with E-state index in [1.165, 1.54) is 10.5 Å². The van der Waals surface area contributed by atoms with Gasteiger partial charge in [-0.25, -0.2) is 9.78 Å². The summed E-state index contributed by atoms with van der Waals surface area (Å²) in [7, 11) is 0. The Bertz CT molecular complexity index is 979. The van der Waals surface area contributed by atoms with E-state index in [2.05, 4.69) is 15.3 Å². The lowest BCUT2D eigenvalue weighted by atomic mass is 9.91. The van der Waals surface area contributed by atoms with Gasteiger partial charge in [-0.15, -0.1) is 0 Å². The van der Waals surface area contributed by atoms with E-state index in [9.17, 15) is 9.59 Å². The number of aromatic amines is 1. The lowest BCUT2D eigenvalue weighted by Gasteiger charge is -2.29. The number of rotatable bonds is 5. The second kappa shape index (κ2) is 7.31. The van der Waals surface area contributed by atoms with Gasteiger partial charge in [0.15, 0.2) is 0 Å². The maximum atomic E-state index is 12.5. The standard InChI is InChI=1S/C22H22N4O2/c1-14-8-10-17(11-9-14)18-12-23-21(25-18)20(26-19(27)13-24-22(26)28)15(2)16-6-4-3-5-7-16/h3-12,15,20H,13H2,1-2H3,(H,23,25)(H,24,28). The third kappa shape index (κ3) is 3.29. The smallest absolute Gasteiger partial charge is 0.325 e. The van der Waals surface area contributed by atoms with Crippen molar-refractivity contribution in [3.63, 3.8) is 0 Å². The highest BCUT2D eigenvalue weighted by molar-refractivity contribution is 6.02. The van der Waals surface area contributed by atoms with Crippen LogP contribution in [0.5, 0.6) is 0 Å². The number of imide groups is 1. The average molecular weight is 374 g/mol. The van der Waals surface area contributed by atoms with Crippen LogP contribution in [0, 0.1) is 6.92 Å². The van der Waals surface area contributed by atoms with Crippen LogP contribution in [0.25, 0.3) is 11.3 Å². The van der Waals surface area contributed by atoms with Gasteiger partial charge in [-0.05, 0) is 18.1 Å². The van der Waals surface area contributed by atoms with Gasteiger partial charge >= 0.3 is 6.03 Å². The summed E-state index contributed by atoms with van der Waals surface area (Å²) in [4.78, 5) is 34.0. The summed E-state index contributed by atoms with van der Waals surface area (Å²) >= 11 is 0. The monoisotopic (exact) mass is 374 g/mol. The zero-order valence-corrected chi connectivity index (χ0v) is 15.8. The molecule has 2 N–H and O–H groups in total. The van der Waals surface area contributed by atoms with Crippen molar-refractivity contribution in [2.75, 3.05) is 6.54 Å². The van der Waals surface area contributed by atoms with Crippen LogP contribution in [0.1, 0.15) is 35.8 Å². The minimum Gasteiger partial charge on any atom is -0.340 e. The van der Waals surface area contributed by atoms with E-state index < -0.39 is 6.04 Å². The highest BCUT2D eigenvalue weighted by Crippen LogP contribution is 2.36. The van der Waals surface area contributed by atoms with Crippen LogP contribution in [0.2, 0.25) is 0 Å². The number of amides is 3. The highest BCUT2D eigenvalue weighted by Gasteiger charge is 2.40. The van der Waals surface area contributed by atoms with E-state index in [0.29, 0.717) is 5.82 Å². The van der Waals surface area contributed by atoms with Crippen molar-refractivity contribution in [2.24, 2.45) is 0 Å². The van der Waals surface area contributed by atoms with Crippen LogP contribution < -0.4 is 5.32 Å². The normalized spacial score (nSPS) is 16.1. The van der Waals surface area contributed by atoms with Crippen LogP contribution in [0.3, 0.4) is 0 Å². The number of hydrogen-bond acceptors (Lipinski definition) is 3. The molecule has 1 aromatic heterocycles. The molecule has 6 heteroatoms. The quantitative estimate of drug-likeness (QED) is 0.667. The van der Waals surface area contributed by atoms with Crippen molar-refractivity contribution in [3.8, 4) is 11.3 Å². The molecule has 28 heavy (non-hydrogen) atoms. The summed E-state index contributed by atoms with van der Waals surface area (Å²) in [5.74, 6) is 0.231. The molecular formula is C22H22N4O2. The first kappa shape index (κ1) is 18.0. The molecule has 6 nitrogen and oxygen atoms in total. The highest BCUT2D eigenvalue weighted by atomic mass is 16.2. The molecule has 1 aliphatic rings. The summed E-state index contributed by atoms with van der Waals surface area (Å²) < 4.78 is 0. The van der Waals surface area contributed by atoms with Crippen LogP contribution in [0.15, 0.2) is 60.8 Å².